The molecule has 31 heavy (non-hydrogen) atoms. The maximum absolute atomic E-state index is 12.3. The van der Waals surface area contributed by atoms with Crippen molar-refractivity contribution < 1.29 is 19.1 Å². The van der Waals surface area contributed by atoms with Crippen molar-refractivity contribution in [3.8, 4) is 6.07 Å². The third-order valence-corrected chi connectivity index (χ3v) is 4.60. The molecule has 0 bridgehead atoms. The summed E-state index contributed by atoms with van der Waals surface area (Å²) in [5.74, 6) is -1.58. The predicted molar refractivity (Wildman–Crippen MR) is 116 cm³/mol. The number of nitrogens with one attached hydrogen (secondary N) is 2. The summed E-state index contributed by atoms with van der Waals surface area (Å²) < 4.78 is 5.08. The summed E-state index contributed by atoms with van der Waals surface area (Å²) in [6.07, 6.45) is -0.937. The van der Waals surface area contributed by atoms with Gasteiger partial charge in [0, 0.05) is 5.69 Å². The highest BCUT2D eigenvalue weighted by molar-refractivity contribution is 5.95. The molecule has 156 valence electrons. The summed E-state index contributed by atoms with van der Waals surface area (Å²) in [5.41, 5.74) is 1.68. The Morgan fingerprint density at radius 1 is 1.03 bits per heavy atom. The van der Waals surface area contributed by atoms with Crippen LogP contribution in [0.4, 0.5) is 5.69 Å². The molecule has 0 heterocycles. The maximum Gasteiger partial charge on any atom is 0.326 e. The normalized spacial score (nSPS) is 11.2. The quantitative estimate of drug-likeness (QED) is 0.577. The first kappa shape index (κ1) is 21.5. The SMILES string of the molecule is C[C@H](OC(=O)CNC(=O)Cc1cccc2ccccc12)C(=O)Nc1cccc(C#N)c1. The first-order valence-corrected chi connectivity index (χ1v) is 9.70. The number of hydrogen-bond acceptors (Lipinski definition) is 5. The van der Waals surface area contributed by atoms with Gasteiger partial charge >= 0.3 is 5.97 Å². The first-order chi connectivity index (χ1) is 15.0. The molecule has 0 aliphatic rings. The summed E-state index contributed by atoms with van der Waals surface area (Å²) in [6.45, 7) is 1.09. The van der Waals surface area contributed by atoms with Crippen LogP contribution in [0.3, 0.4) is 0 Å². The molecule has 1 atom stereocenters. The summed E-state index contributed by atoms with van der Waals surface area (Å²) in [4.78, 5) is 36.5. The fraction of sp³-hybridized carbons (Fsp3) is 0.167. The van der Waals surface area contributed by atoms with Gasteiger partial charge in [-0.2, -0.15) is 5.26 Å². The maximum atomic E-state index is 12.3. The van der Waals surface area contributed by atoms with Crippen LogP contribution >= 0.6 is 0 Å². The van der Waals surface area contributed by atoms with Crippen molar-refractivity contribution in [2.45, 2.75) is 19.4 Å². The molecular formula is C24H21N3O4. The van der Waals surface area contributed by atoms with Crippen molar-refractivity contribution in [1.29, 1.82) is 5.26 Å². The lowest BCUT2D eigenvalue weighted by Crippen LogP contribution is -2.36. The monoisotopic (exact) mass is 415 g/mol. The van der Waals surface area contributed by atoms with Gasteiger partial charge in [0.1, 0.15) is 6.54 Å². The van der Waals surface area contributed by atoms with Crippen molar-refractivity contribution in [3.63, 3.8) is 0 Å². The second-order valence-electron chi connectivity index (χ2n) is 6.91. The molecule has 3 rings (SSSR count). The molecule has 2 amide bonds. The minimum atomic E-state index is -1.06. The predicted octanol–water partition coefficient (Wildman–Crippen LogP) is 2.94. The topological polar surface area (TPSA) is 108 Å². The molecule has 0 saturated heterocycles. The molecular weight excluding hydrogens is 394 g/mol. The Labute approximate surface area is 179 Å². The number of nitriles is 1. The van der Waals surface area contributed by atoms with Gasteiger partial charge in [-0.15, -0.1) is 0 Å². The number of anilines is 1. The molecule has 7 heteroatoms. The number of esters is 1. The number of rotatable bonds is 7. The largest absolute Gasteiger partial charge is 0.451 e. The average Bonchev–Trinajstić information content (AvgIpc) is 2.78. The van der Waals surface area contributed by atoms with Crippen molar-refractivity contribution in [2.75, 3.05) is 11.9 Å². The van der Waals surface area contributed by atoms with E-state index in [4.69, 9.17) is 10.00 Å². The van der Waals surface area contributed by atoms with Crippen molar-refractivity contribution in [2.24, 2.45) is 0 Å². The number of ether oxygens (including phenoxy) is 1. The Bertz CT molecular complexity index is 1160. The Balaban J connectivity index is 1.48. The van der Waals surface area contributed by atoms with Crippen LogP contribution in [0, 0.1) is 11.3 Å². The first-order valence-electron chi connectivity index (χ1n) is 9.70. The Hall–Kier alpha value is -4.18. The van der Waals surface area contributed by atoms with Gasteiger partial charge < -0.3 is 15.4 Å². The van der Waals surface area contributed by atoms with Crippen molar-refractivity contribution in [3.05, 3.63) is 77.9 Å². The van der Waals surface area contributed by atoms with E-state index in [-0.39, 0.29) is 18.9 Å². The third-order valence-electron chi connectivity index (χ3n) is 4.60. The number of hydrogen-bond donors (Lipinski definition) is 2. The molecule has 0 spiro atoms. The van der Waals surface area contributed by atoms with E-state index in [1.165, 1.54) is 13.0 Å². The van der Waals surface area contributed by atoms with Crippen LogP contribution in [0.25, 0.3) is 10.8 Å². The highest BCUT2D eigenvalue weighted by atomic mass is 16.5. The smallest absolute Gasteiger partial charge is 0.326 e. The number of amides is 2. The van der Waals surface area contributed by atoms with E-state index in [1.807, 2.05) is 48.5 Å². The van der Waals surface area contributed by atoms with Crippen molar-refractivity contribution in [1.82, 2.24) is 5.32 Å². The Morgan fingerprint density at radius 3 is 2.58 bits per heavy atom. The van der Waals surface area contributed by atoms with E-state index in [2.05, 4.69) is 10.6 Å². The van der Waals surface area contributed by atoms with Gasteiger partial charge in [0.05, 0.1) is 18.1 Å². The van der Waals surface area contributed by atoms with Crippen LogP contribution in [0.2, 0.25) is 0 Å². The molecule has 0 aliphatic carbocycles. The summed E-state index contributed by atoms with van der Waals surface area (Å²) in [7, 11) is 0. The second-order valence-corrected chi connectivity index (χ2v) is 6.91. The van der Waals surface area contributed by atoms with E-state index in [9.17, 15) is 14.4 Å². The molecule has 0 aromatic heterocycles. The number of carbonyl (C=O) groups is 3. The summed E-state index contributed by atoms with van der Waals surface area (Å²) in [5, 5.41) is 16.0. The van der Waals surface area contributed by atoms with E-state index in [0.29, 0.717) is 11.3 Å². The number of benzene rings is 3. The van der Waals surface area contributed by atoms with Crippen LogP contribution in [0.1, 0.15) is 18.1 Å². The lowest BCUT2D eigenvalue weighted by molar-refractivity contribution is -0.152. The van der Waals surface area contributed by atoms with Gasteiger partial charge in [0.25, 0.3) is 5.91 Å². The molecule has 0 unspecified atom stereocenters. The van der Waals surface area contributed by atoms with Gasteiger partial charge in [-0.1, -0.05) is 48.5 Å². The average molecular weight is 415 g/mol. The molecule has 3 aromatic rings. The van der Waals surface area contributed by atoms with E-state index >= 15 is 0 Å². The molecule has 0 fully saturated rings. The molecule has 7 nitrogen and oxygen atoms in total. The second kappa shape index (κ2) is 10.0. The third kappa shape index (κ3) is 5.90. The van der Waals surface area contributed by atoms with E-state index in [0.717, 1.165) is 16.3 Å². The minimum absolute atomic E-state index is 0.125. The van der Waals surface area contributed by atoms with Crippen LogP contribution < -0.4 is 10.6 Å². The van der Waals surface area contributed by atoms with Gasteiger partial charge in [-0.3, -0.25) is 14.4 Å². The molecule has 3 aromatic carbocycles. The van der Waals surface area contributed by atoms with E-state index in [1.54, 1.807) is 18.2 Å². The van der Waals surface area contributed by atoms with Gasteiger partial charge in [0.15, 0.2) is 6.10 Å². The zero-order valence-corrected chi connectivity index (χ0v) is 16.9. The number of fused-ring (bicyclic) bond motifs is 1. The fourth-order valence-electron chi connectivity index (χ4n) is 3.06. The molecule has 2 N–H and O–H groups in total. The van der Waals surface area contributed by atoms with Crippen LogP contribution in [-0.2, 0) is 25.5 Å². The van der Waals surface area contributed by atoms with Crippen LogP contribution in [0.5, 0.6) is 0 Å². The molecule has 0 aliphatic heterocycles. The van der Waals surface area contributed by atoms with Crippen LogP contribution in [-0.4, -0.2) is 30.4 Å². The fourth-order valence-corrected chi connectivity index (χ4v) is 3.06. The molecule has 0 saturated carbocycles. The standard InChI is InChI=1S/C24H21N3O4/c1-16(24(30)27-20-10-4-6-17(12-20)14-25)31-23(29)15-26-22(28)13-19-9-5-8-18-7-2-3-11-21(18)19/h2-12,16H,13,15H2,1H3,(H,26,28)(H,27,30)/t16-/m0/s1. The zero-order valence-electron chi connectivity index (χ0n) is 16.9. The number of nitrogens with zero attached hydrogens (tertiary/aromatic N) is 1. The Kier molecular flexibility index (Phi) is 6.97. The van der Waals surface area contributed by atoms with Gasteiger partial charge in [0.2, 0.25) is 5.91 Å². The van der Waals surface area contributed by atoms with Crippen molar-refractivity contribution >= 4 is 34.2 Å². The Morgan fingerprint density at radius 2 is 1.77 bits per heavy atom. The number of carbonyl (C=O) groups excluding carboxylic acids is 3. The van der Waals surface area contributed by atoms with Crippen LogP contribution in [0.15, 0.2) is 66.7 Å². The van der Waals surface area contributed by atoms with E-state index < -0.39 is 18.0 Å². The summed E-state index contributed by atoms with van der Waals surface area (Å²) in [6, 6.07) is 21.8. The summed E-state index contributed by atoms with van der Waals surface area (Å²) >= 11 is 0. The highest BCUT2D eigenvalue weighted by Gasteiger charge is 2.18. The lowest BCUT2D eigenvalue weighted by atomic mass is 10.0. The molecule has 0 radical (unpaired) electrons. The lowest BCUT2D eigenvalue weighted by Gasteiger charge is -2.14. The van der Waals surface area contributed by atoms with Gasteiger partial charge in [-0.05, 0) is 41.5 Å². The minimum Gasteiger partial charge on any atom is -0.451 e. The zero-order chi connectivity index (χ0) is 22.2. The highest BCUT2D eigenvalue weighted by Crippen LogP contribution is 2.18. The van der Waals surface area contributed by atoms with Gasteiger partial charge in [-0.25, -0.2) is 0 Å².